The summed E-state index contributed by atoms with van der Waals surface area (Å²) in [5.41, 5.74) is 10.9. The quantitative estimate of drug-likeness (QED) is 0.266. The first-order valence-corrected chi connectivity index (χ1v) is 7.24. The fourth-order valence-corrected chi connectivity index (χ4v) is 1.54. The van der Waals surface area contributed by atoms with Crippen molar-refractivity contribution in [2.24, 2.45) is 21.5 Å². The van der Waals surface area contributed by atoms with Crippen LogP contribution in [0.25, 0.3) is 0 Å². The number of hydrogen-bond acceptors (Lipinski definition) is 6. The Bertz CT molecular complexity index is 684. The van der Waals surface area contributed by atoms with E-state index < -0.39 is 18.7 Å². The van der Waals surface area contributed by atoms with Crippen molar-refractivity contribution in [1.82, 2.24) is 14.9 Å². The molecular weight excluding hydrogens is 355 g/mol. The third kappa shape index (κ3) is 8.52. The molecule has 26 heavy (non-hydrogen) atoms. The number of halogens is 3. The Balaban J connectivity index is 2.47. The fourth-order valence-electron chi connectivity index (χ4n) is 1.54. The summed E-state index contributed by atoms with van der Waals surface area (Å²) in [5, 5.41) is 10.8. The lowest BCUT2D eigenvalue weighted by Gasteiger charge is -2.16. The van der Waals surface area contributed by atoms with Crippen molar-refractivity contribution in [3.8, 4) is 12.2 Å². The van der Waals surface area contributed by atoms with Crippen LogP contribution in [0.15, 0.2) is 22.2 Å². The monoisotopic (exact) mass is 373 g/mol. The minimum atomic E-state index is -4.44. The molecule has 0 saturated carbocycles. The first kappa shape index (κ1) is 20.7. The summed E-state index contributed by atoms with van der Waals surface area (Å²) < 4.78 is 41.6. The van der Waals surface area contributed by atoms with E-state index in [0.717, 1.165) is 0 Å². The van der Waals surface area contributed by atoms with Gasteiger partial charge in [-0.25, -0.2) is 9.98 Å². The second-order valence-electron chi connectivity index (χ2n) is 4.86. The van der Waals surface area contributed by atoms with E-state index in [1.54, 1.807) is 18.1 Å². The molecule has 0 aliphatic rings. The smallest absolute Gasteiger partial charge is 0.408 e. The van der Waals surface area contributed by atoms with Crippen LogP contribution in [0, 0.1) is 11.5 Å². The standard InChI is InChI=1S/C13H18F3N9O/c1-25(11(19)22-8-17)5-2-6-26-12-20-4-3-9(24-12)23-10(18)21-7-13(14,15)16/h3-4H,2,5-7H2,1H3,(H2,19,22)(H3,18,20,21,23,24). The average Bonchev–Trinajstić information content (AvgIpc) is 2.56. The predicted molar refractivity (Wildman–Crippen MR) is 88.2 cm³/mol. The number of nitrogens with two attached hydrogens (primary N) is 2. The van der Waals surface area contributed by atoms with Crippen LogP contribution < -0.4 is 21.5 Å². The van der Waals surface area contributed by atoms with Crippen LogP contribution in [-0.4, -0.2) is 59.7 Å². The van der Waals surface area contributed by atoms with Crippen LogP contribution in [0.4, 0.5) is 19.0 Å². The molecule has 1 aromatic rings. The Hall–Kier alpha value is -3.30. The number of nitrogens with one attached hydrogen (secondary N) is 1. The largest absolute Gasteiger partial charge is 0.463 e. The average molecular weight is 373 g/mol. The highest BCUT2D eigenvalue weighted by atomic mass is 19.4. The Kier molecular flexibility index (Phi) is 7.87. The van der Waals surface area contributed by atoms with E-state index in [1.807, 2.05) is 0 Å². The number of guanidine groups is 2. The Labute approximate surface area is 147 Å². The minimum absolute atomic E-state index is 0.0138. The summed E-state index contributed by atoms with van der Waals surface area (Å²) in [5.74, 6) is -0.203. The molecule has 5 N–H and O–H groups in total. The van der Waals surface area contributed by atoms with Gasteiger partial charge in [0, 0.05) is 19.8 Å². The summed E-state index contributed by atoms with van der Waals surface area (Å²) in [6, 6.07) is 1.41. The van der Waals surface area contributed by atoms with Gasteiger partial charge in [-0.1, -0.05) is 0 Å². The third-order valence-corrected chi connectivity index (χ3v) is 2.74. The van der Waals surface area contributed by atoms with Crippen molar-refractivity contribution in [2.45, 2.75) is 12.6 Å². The molecule has 0 radical (unpaired) electrons. The molecule has 0 unspecified atom stereocenters. The Morgan fingerprint density at radius 2 is 2.19 bits per heavy atom. The van der Waals surface area contributed by atoms with Gasteiger partial charge in [0.15, 0.2) is 5.96 Å². The van der Waals surface area contributed by atoms with Crippen molar-refractivity contribution in [3.05, 3.63) is 12.3 Å². The number of aliphatic imine (C=N–C) groups is 2. The van der Waals surface area contributed by atoms with E-state index in [1.165, 1.54) is 12.3 Å². The maximum absolute atomic E-state index is 12.1. The zero-order valence-corrected chi connectivity index (χ0v) is 13.9. The van der Waals surface area contributed by atoms with Crippen LogP contribution in [0.5, 0.6) is 6.01 Å². The van der Waals surface area contributed by atoms with Gasteiger partial charge < -0.3 is 26.4 Å². The van der Waals surface area contributed by atoms with E-state index in [9.17, 15) is 13.2 Å². The molecule has 0 spiro atoms. The van der Waals surface area contributed by atoms with Crippen LogP contribution in [0.1, 0.15) is 6.42 Å². The summed E-state index contributed by atoms with van der Waals surface area (Å²) >= 11 is 0. The third-order valence-electron chi connectivity index (χ3n) is 2.74. The molecule has 13 heteroatoms. The molecule has 0 aliphatic heterocycles. The second kappa shape index (κ2) is 9.87. The van der Waals surface area contributed by atoms with Gasteiger partial charge in [-0.3, -0.25) is 0 Å². The SMILES string of the molecule is CN(CCCOc1nccc(NC(N)=NCC(F)(F)F)n1)C(N)=NC#N. The number of nitriles is 1. The lowest BCUT2D eigenvalue weighted by Crippen LogP contribution is -2.35. The number of anilines is 1. The number of aromatic nitrogens is 2. The van der Waals surface area contributed by atoms with E-state index >= 15 is 0 Å². The topological polar surface area (TPSA) is 151 Å². The molecule has 142 valence electrons. The molecule has 1 heterocycles. The molecule has 10 nitrogen and oxygen atoms in total. The van der Waals surface area contributed by atoms with Crippen molar-refractivity contribution >= 4 is 17.7 Å². The summed E-state index contributed by atoms with van der Waals surface area (Å²) in [6.07, 6.45) is -0.971. The van der Waals surface area contributed by atoms with E-state index in [-0.39, 0.29) is 24.4 Å². The Morgan fingerprint density at radius 3 is 2.85 bits per heavy atom. The van der Waals surface area contributed by atoms with Crippen LogP contribution >= 0.6 is 0 Å². The van der Waals surface area contributed by atoms with Crippen molar-refractivity contribution in [3.63, 3.8) is 0 Å². The van der Waals surface area contributed by atoms with Gasteiger partial charge in [-0.05, 0) is 12.5 Å². The van der Waals surface area contributed by atoms with Crippen molar-refractivity contribution in [2.75, 3.05) is 32.1 Å². The van der Waals surface area contributed by atoms with Crippen LogP contribution in [0.3, 0.4) is 0 Å². The number of alkyl halides is 3. The highest BCUT2D eigenvalue weighted by Crippen LogP contribution is 2.14. The van der Waals surface area contributed by atoms with Gasteiger partial charge in [0.05, 0.1) is 6.61 Å². The fraction of sp³-hybridized carbons (Fsp3) is 0.462. The van der Waals surface area contributed by atoms with E-state index in [2.05, 4.69) is 25.3 Å². The molecule has 0 aromatic carbocycles. The van der Waals surface area contributed by atoms with Gasteiger partial charge in [-0.2, -0.15) is 23.4 Å². The first-order chi connectivity index (χ1) is 12.2. The van der Waals surface area contributed by atoms with E-state index in [4.69, 9.17) is 21.5 Å². The predicted octanol–water partition coefficient (Wildman–Crippen LogP) is 0.262. The highest BCUT2D eigenvalue weighted by Gasteiger charge is 2.26. The van der Waals surface area contributed by atoms with Gasteiger partial charge in [0.2, 0.25) is 12.2 Å². The summed E-state index contributed by atoms with van der Waals surface area (Å²) in [4.78, 5) is 15.9. The molecule has 0 amide bonds. The molecular formula is C13H18F3N9O. The molecule has 0 fully saturated rings. The lowest BCUT2D eigenvalue weighted by atomic mass is 10.4. The normalized spacial score (nSPS) is 12.4. The maximum atomic E-state index is 12.1. The van der Waals surface area contributed by atoms with Gasteiger partial charge in [0.1, 0.15) is 12.4 Å². The molecule has 0 aliphatic carbocycles. The second-order valence-corrected chi connectivity index (χ2v) is 4.86. The number of hydrogen-bond donors (Lipinski definition) is 3. The van der Waals surface area contributed by atoms with Gasteiger partial charge in [0.25, 0.3) is 0 Å². The molecule has 1 aromatic heterocycles. The number of nitrogens with zero attached hydrogens (tertiary/aromatic N) is 6. The van der Waals surface area contributed by atoms with Crippen LogP contribution in [0.2, 0.25) is 0 Å². The van der Waals surface area contributed by atoms with E-state index in [0.29, 0.717) is 13.0 Å². The molecule has 0 saturated heterocycles. The molecule has 1 rings (SSSR count). The van der Waals surface area contributed by atoms with Crippen molar-refractivity contribution in [1.29, 1.82) is 5.26 Å². The summed E-state index contributed by atoms with van der Waals surface area (Å²) in [6.45, 7) is -0.677. The summed E-state index contributed by atoms with van der Waals surface area (Å²) in [7, 11) is 1.67. The maximum Gasteiger partial charge on any atom is 0.408 e. The molecule has 0 atom stereocenters. The zero-order chi connectivity index (χ0) is 19.6. The minimum Gasteiger partial charge on any atom is -0.463 e. The van der Waals surface area contributed by atoms with Gasteiger partial charge in [-0.15, -0.1) is 4.99 Å². The van der Waals surface area contributed by atoms with Crippen LogP contribution in [-0.2, 0) is 0 Å². The molecule has 0 bridgehead atoms. The zero-order valence-electron chi connectivity index (χ0n) is 13.9. The lowest BCUT2D eigenvalue weighted by molar-refractivity contribution is -0.118. The highest BCUT2D eigenvalue weighted by molar-refractivity contribution is 5.91. The van der Waals surface area contributed by atoms with Gasteiger partial charge >= 0.3 is 12.2 Å². The van der Waals surface area contributed by atoms with Crippen molar-refractivity contribution < 1.29 is 17.9 Å². The Morgan fingerprint density at radius 1 is 1.46 bits per heavy atom. The number of rotatable bonds is 7. The first-order valence-electron chi connectivity index (χ1n) is 7.24. The number of ether oxygens (including phenoxy) is 1.